The summed E-state index contributed by atoms with van der Waals surface area (Å²) < 4.78 is 54.9. The Balaban J connectivity index is 1.69. The summed E-state index contributed by atoms with van der Waals surface area (Å²) in [6, 6.07) is 3.81. The van der Waals surface area contributed by atoms with E-state index in [2.05, 4.69) is 28.3 Å². The predicted molar refractivity (Wildman–Crippen MR) is 124 cm³/mol. The zero-order valence-corrected chi connectivity index (χ0v) is 20.4. The number of hydrogen-bond acceptors (Lipinski definition) is 7. The molecule has 2 heterocycles. The van der Waals surface area contributed by atoms with Crippen LogP contribution in [-0.2, 0) is 29.6 Å². The SMILES string of the molecule is CC(C)CCN1C(=O)C(C2=NS(=O)(=O)c3cc(NS(C)(=O)=O)ccc3N2)C(=O)[C@@H]2CCC[C@@H]21. The molecule has 2 aliphatic heterocycles. The maximum atomic E-state index is 13.4. The van der Waals surface area contributed by atoms with Gasteiger partial charge >= 0.3 is 0 Å². The Morgan fingerprint density at radius 3 is 2.64 bits per heavy atom. The van der Waals surface area contributed by atoms with E-state index in [0.29, 0.717) is 18.9 Å². The Morgan fingerprint density at radius 2 is 1.97 bits per heavy atom. The quantitative estimate of drug-likeness (QED) is 0.572. The number of rotatable bonds is 6. The molecular formula is C21H28N4O6S2. The summed E-state index contributed by atoms with van der Waals surface area (Å²) >= 11 is 0. The number of amides is 1. The van der Waals surface area contributed by atoms with Crippen LogP contribution in [0.2, 0.25) is 0 Å². The first-order valence-electron chi connectivity index (χ1n) is 11.0. The van der Waals surface area contributed by atoms with Gasteiger partial charge in [0, 0.05) is 24.2 Å². The molecule has 0 radical (unpaired) electrons. The number of piperidine rings is 1. The second kappa shape index (κ2) is 8.39. The number of anilines is 2. The van der Waals surface area contributed by atoms with Gasteiger partial charge in [-0.2, -0.15) is 8.42 Å². The van der Waals surface area contributed by atoms with Crippen molar-refractivity contribution < 1.29 is 26.4 Å². The van der Waals surface area contributed by atoms with Gasteiger partial charge in [0.1, 0.15) is 10.7 Å². The molecule has 1 saturated heterocycles. The van der Waals surface area contributed by atoms with Gasteiger partial charge in [0.2, 0.25) is 15.9 Å². The van der Waals surface area contributed by atoms with E-state index < -0.39 is 31.9 Å². The van der Waals surface area contributed by atoms with Crippen molar-refractivity contribution in [3.63, 3.8) is 0 Å². The van der Waals surface area contributed by atoms with Crippen molar-refractivity contribution in [1.82, 2.24) is 4.90 Å². The van der Waals surface area contributed by atoms with E-state index in [1.54, 1.807) is 4.90 Å². The van der Waals surface area contributed by atoms with Gasteiger partial charge in [-0.15, -0.1) is 4.40 Å². The summed E-state index contributed by atoms with van der Waals surface area (Å²) in [5, 5.41) is 2.86. The molecule has 1 aromatic carbocycles. The second-order valence-electron chi connectivity index (χ2n) is 9.32. The molecule has 3 aliphatic rings. The van der Waals surface area contributed by atoms with Crippen molar-refractivity contribution in [3.8, 4) is 0 Å². The number of likely N-dealkylation sites (tertiary alicyclic amines) is 1. The zero-order chi connectivity index (χ0) is 24.1. The third kappa shape index (κ3) is 4.63. The topological polar surface area (TPSA) is 142 Å². The summed E-state index contributed by atoms with van der Waals surface area (Å²) in [7, 11) is -7.87. The number of Topliss-reactive ketones (excluding diaryl/α,β-unsaturated/α-hetero) is 1. The minimum atomic E-state index is -4.26. The third-order valence-corrected chi connectivity index (χ3v) is 8.26. The van der Waals surface area contributed by atoms with E-state index in [1.165, 1.54) is 12.1 Å². The summed E-state index contributed by atoms with van der Waals surface area (Å²) in [6.45, 7) is 4.64. The number of benzene rings is 1. The van der Waals surface area contributed by atoms with Crippen LogP contribution in [0.15, 0.2) is 27.5 Å². The van der Waals surface area contributed by atoms with Crippen molar-refractivity contribution in [2.75, 3.05) is 22.8 Å². The first-order valence-corrected chi connectivity index (χ1v) is 14.3. The molecule has 4 rings (SSSR count). The number of ketones is 1. The van der Waals surface area contributed by atoms with Crippen LogP contribution in [-0.4, -0.2) is 58.1 Å². The largest absolute Gasteiger partial charge is 0.341 e. The fourth-order valence-electron chi connectivity index (χ4n) is 4.82. The monoisotopic (exact) mass is 496 g/mol. The van der Waals surface area contributed by atoms with Crippen LogP contribution in [0.3, 0.4) is 0 Å². The summed E-state index contributed by atoms with van der Waals surface area (Å²) in [6.07, 6.45) is 4.02. The number of sulfonamides is 2. The normalized spacial score (nSPS) is 26.5. The molecule has 1 aromatic rings. The van der Waals surface area contributed by atoms with Gasteiger partial charge in [-0.25, -0.2) is 8.42 Å². The molecule has 180 valence electrons. The smallest absolute Gasteiger partial charge is 0.286 e. The van der Waals surface area contributed by atoms with Crippen molar-refractivity contribution in [2.45, 2.75) is 50.5 Å². The Hall–Kier alpha value is -2.47. The predicted octanol–water partition coefficient (Wildman–Crippen LogP) is 1.81. The van der Waals surface area contributed by atoms with Gasteiger partial charge in [0.15, 0.2) is 11.7 Å². The minimum Gasteiger partial charge on any atom is -0.341 e. The Kier molecular flexibility index (Phi) is 6.02. The number of carbonyl (C=O) groups excluding carboxylic acids is 2. The van der Waals surface area contributed by atoms with E-state index in [-0.39, 0.29) is 39.8 Å². The van der Waals surface area contributed by atoms with E-state index >= 15 is 0 Å². The molecule has 2 fully saturated rings. The lowest BCUT2D eigenvalue weighted by molar-refractivity contribution is -0.149. The van der Waals surface area contributed by atoms with Crippen LogP contribution in [0, 0.1) is 17.8 Å². The number of nitrogens with one attached hydrogen (secondary N) is 2. The molecule has 0 aromatic heterocycles. The molecule has 3 atom stereocenters. The summed E-state index contributed by atoms with van der Waals surface area (Å²) in [5.74, 6) is -2.14. The minimum absolute atomic E-state index is 0.0683. The first kappa shape index (κ1) is 23.7. The molecule has 0 spiro atoms. The van der Waals surface area contributed by atoms with Gasteiger partial charge < -0.3 is 10.2 Å². The molecular weight excluding hydrogens is 468 g/mol. The highest BCUT2D eigenvalue weighted by Crippen LogP contribution is 2.40. The molecule has 1 amide bonds. The van der Waals surface area contributed by atoms with Crippen LogP contribution in [0.5, 0.6) is 0 Å². The molecule has 1 aliphatic carbocycles. The third-order valence-electron chi connectivity index (χ3n) is 6.32. The van der Waals surface area contributed by atoms with Crippen molar-refractivity contribution in [3.05, 3.63) is 18.2 Å². The molecule has 2 N–H and O–H groups in total. The van der Waals surface area contributed by atoms with Crippen LogP contribution in [0.1, 0.15) is 39.5 Å². The highest BCUT2D eigenvalue weighted by Gasteiger charge is 2.52. The van der Waals surface area contributed by atoms with E-state index in [1.807, 2.05) is 0 Å². The number of carbonyl (C=O) groups is 2. The van der Waals surface area contributed by atoms with Crippen molar-refractivity contribution in [1.29, 1.82) is 0 Å². The Labute approximate surface area is 193 Å². The maximum absolute atomic E-state index is 13.4. The summed E-state index contributed by atoms with van der Waals surface area (Å²) in [5.41, 5.74) is 0.209. The van der Waals surface area contributed by atoms with Gasteiger partial charge in [0.05, 0.1) is 11.9 Å². The molecule has 1 saturated carbocycles. The fraction of sp³-hybridized carbons (Fsp3) is 0.571. The van der Waals surface area contributed by atoms with Gasteiger partial charge in [0.25, 0.3) is 10.0 Å². The van der Waals surface area contributed by atoms with Gasteiger partial charge in [-0.05, 0) is 43.4 Å². The Bertz CT molecular complexity index is 1240. The van der Waals surface area contributed by atoms with Crippen LogP contribution >= 0.6 is 0 Å². The van der Waals surface area contributed by atoms with Crippen molar-refractivity contribution in [2.24, 2.45) is 22.2 Å². The second-order valence-corrected chi connectivity index (χ2v) is 12.6. The molecule has 12 heteroatoms. The average Bonchev–Trinajstić information content (AvgIpc) is 3.16. The lowest BCUT2D eigenvalue weighted by Crippen LogP contribution is -2.59. The van der Waals surface area contributed by atoms with Crippen molar-refractivity contribution >= 4 is 48.9 Å². The first-order chi connectivity index (χ1) is 15.4. The molecule has 10 nitrogen and oxygen atoms in total. The summed E-state index contributed by atoms with van der Waals surface area (Å²) in [4.78, 5) is 28.2. The van der Waals surface area contributed by atoms with Crippen LogP contribution < -0.4 is 10.0 Å². The lowest BCUT2D eigenvalue weighted by Gasteiger charge is -2.41. The number of amidine groups is 1. The Morgan fingerprint density at radius 1 is 1.24 bits per heavy atom. The molecule has 33 heavy (non-hydrogen) atoms. The van der Waals surface area contributed by atoms with E-state index in [0.717, 1.165) is 31.6 Å². The maximum Gasteiger partial charge on any atom is 0.286 e. The van der Waals surface area contributed by atoms with Gasteiger partial charge in [-0.1, -0.05) is 20.3 Å². The molecule has 0 bridgehead atoms. The molecule has 1 unspecified atom stereocenters. The number of fused-ring (bicyclic) bond motifs is 2. The van der Waals surface area contributed by atoms with Crippen LogP contribution in [0.25, 0.3) is 0 Å². The standard InChI is InChI=1S/C21H28N4O6S2/c1-12(2)9-10-25-16-6-4-5-14(16)19(26)18(21(25)27)20-22-15-8-7-13(23-32(3,28)29)11-17(15)33(30,31)24-20/h7-8,11-12,14,16,18,23H,4-6,9-10H2,1-3H3,(H,22,24)/t14-,16+,18?/m1/s1. The van der Waals surface area contributed by atoms with E-state index in [9.17, 15) is 26.4 Å². The lowest BCUT2D eigenvalue weighted by atomic mass is 9.81. The highest BCUT2D eigenvalue weighted by atomic mass is 32.2. The highest BCUT2D eigenvalue weighted by molar-refractivity contribution is 7.92. The van der Waals surface area contributed by atoms with Gasteiger partial charge in [-0.3, -0.25) is 14.3 Å². The number of nitrogens with zero attached hydrogens (tertiary/aromatic N) is 2. The zero-order valence-electron chi connectivity index (χ0n) is 18.7. The number of hydrogen-bond donors (Lipinski definition) is 2. The van der Waals surface area contributed by atoms with E-state index in [4.69, 9.17) is 0 Å². The fourth-order valence-corrected chi connectivity index (χ4v) is 6.55. The van der Waals surface area contributed by atoms with Crippen LogP contribution in [0.4, 0.5) is 11.4 Å². The average molecular weight is 497 g/mol.